The second kappa shape index (κ2) is 10.9. The SMILES string of the molecule is O=C(Cc1ccc(OCCC2CC2C2CCN(c3ncc(Cl)cn3)CC2)cc1F)N1CC(n2ccnc2)C1. The summed E-state index contributed by atoms with van der Waals surface area (Å²) in [6.07, 6.45) is 13.3. The van der Waals surface area contributed by atoms with Crippen LogP contribution in [0, 0.1) is 23.6 Å². The average molecular weight is 539 g/mol. The number of hydrogen-bond donors (Lipinski definition) is 0. The molecule has 2 saturated heterocycles. The molecule has 0 spiro atoms. The van der Waals surface area contributed by atoms with Crippen molar-refractivity contribution in [1.29, 1.82) is 0 Å². The van der Waals surface area contributed by atoms with E-state index >= 15 is 0 Å². The summed E-state index contributed by atoms with van der Waals surface area (Å²) in [5.41, 5.74) is 0.408. The molecule has 0 radical (unpaired) electrons. The van der Waals surface area contributed by atoms with Gasteiger partial charge < -0.3 is 19.1 Å². The van der Waals surface area contributed by atoms with Gasteiger partial charge in [0, 0.05) is 44.6 Å². The van der Waals surface area contributed by atoms with Crippen molar-refractivity contribution in [3.05, 3.63) is 65.7 Å². The number of carbonyl (C=O) groups is 1. The molecule has 8 nitrogen and oxygen atoms in total. The van der Waals surface area contributed by atoms with E-state index in [-0.39, 0.29) is 24.2 Å². The number of benzene rings is 1. The van der Waals surface area contributed by atoms with E-state index in [0.29, 0.717) is 41.9 Å². The number of ether oxygens (including phenoxy) is 1. The maximum absolute atomic E-state index is 14.7. The lowest BCUT2D eigenvalue weighted by Gasteiger charge is -2.39. The van der Waals surface area contributed by atoms with Crippen LogP contribution in [-0.4, -0.2) is 63.1 Å². The highest BCUT2D eigenvalue weighted by Gasteiger charge is 2.43. The summed E-state index contributed by atoms with van der Waals surface area (Å²) in [6, 6.07) is 5.11. The van der Waals surface area contributed by atoms with E-state index in [9.17, 15) is 9.18 Å². The first-order valence-corrected chi connectivity index (χ1v) is 13.8. The van der Waals surface area contributed by atoms with Gasteiger partial charge in [0.05, 0.1) is 42.8 Å². The third-order valence-corrected chi connectivity index (χ3v) is 8.49. The van der Waals surface area contributed by atoms with Crippen molar-refractivity contribution in [3.8, 4) is 5.75 Å². The summed E-state index contributed by atoms with van der Waals surface area (Å²) in [5, 5.41) is 0.558. The maximum Gasteiger partial charge on any atom is 0.227 e. The number of anilines is 1. The van der Waals surface area contributed by atoms with E-state index < -0.39 is 0 Å². The number of aromatic nitrogens is 4. The molecule has 6 rings (SSSR count). The molecule has 3 aromatic rings. The number of amides is 1. The van der Waals surface area contributed by atoms with Crippen molar-refractivity contribution < 1.29 is 13.9 Å². The van der Waals surface area contributed by atoms with E-state index in [2.05, 4.69) is 19.9 Å². The van der Waals surface area contributed by atoms with Gasteiger partial charge in [0.1, 0.15) is 11.6 Å². The summed E-state index contributed by atoms with van der Waals surface area (Å²) in [4.78, 5) is 29.3. The molecule has 1 amide bonds. The number of carbonyl (C=O) groups excluding carboxylic acids is 1. The standard InChI is InChI=1S/C28H32ClFN6O2/c29-22-14-32-28(33-15-22)34-7-3-19(4-8-34)25-11-20(25)5-10-38-24-2-1-21(26(30)13-24)12-27(37)36-16-23(17-36)35-9-6-31-18-35/h1-2,6,9,13-15,18-20,23,25H,3-5,7-8,10-12,16-17H2. The Labute approximate surface area is 226 Å². The molecule has 2 atom stereocenters. The number of likely N-dealkylation sites (tertiary alicyclic amines) is 1. The lowest BCUT2D eigenvalue weighted by molar-refractivity contribution is -0.136. The fraction of sp³-hybridized carbons (Fsp3) is 0.500. The molecule has 10 heteroatoms. The fourth-order valence-electron chi connectivity index (χ4n) is 5.87. The van der Waals surface area contributed by atoms with E-state index in [4.69, 9.17) is 16.3 Å². The first kappa shape index (κ1) is 25.1. The summed E-state index contributed by atoms with van der Waals surface area (Å²) in [6.45, 7) is 3.80. The van der Waals surface area contributed by atoms with E-state index in [1.807, 2.05) is 10.8 Å². The summed E-state index contributed by atoms with van der Waals surface area (Å²) in [7, 11) is 0. The van der Waals surface area contributed by atoms with E-state index in [1.165, 1.54) is 12.5 Å². The third kappa shape index (κ3) is 5.62. The van der Waals surface area contributed by atoms with Crippen LogP contribution in [-0.2, 0) is 11.2 Å². The van der Waals surface area contributed by atoms with Crippen molar-refractivity contribution in [2.24, 2.45) is 17.8 Å². The zero-order valence-electron chi connectivity index (χ0n) is 21.3. The summed E-state index contributed by atoms with van der Waals surface area (Å²) in [5.74, 6) is 3.02. The van der Waals surface area contributed by atoms with Gasteiger partial charge in [-0.1, -0.05) is 17.7 Å². The predicted octanol–water partition coefficient (Wildman–Crippen LogP) is 4.41. The Bertz CT molecular complexity index is 1240. The normalized spacial score (nSPS) is 21.8. The number of piperidine rings is 1. The third-order valence-electron chi connectivity index (χ3n) is 8.30. The number of hydrogen-bond acceptors (Lipinski definition) is 6. The van der Waals surface area contributed by atoms with Crippen LogP contribution in [0.3, 0.4) is 0 Å². The zero-order valence-corrected chi connectivity index (χ0v) is 22.0. The zero-order chi connectivity index (χ0) is 26.1. The lowest BCUT2D eigenvalue weighted by Crippen LogP contribution is -2.51. The van der Waals surface area contributed by atoms with Gasteiger partial charge in [0.15, 0.2) is 0 Å². The predicted molar refractivity (Wildman–Crippen MR) is 142 cm³/mol. The molecule has 38 heavy (non-hydrogen) atoms. The van der Waals surface area contributed by atoms with Crippen LogP contribution in [0.15, 0.2) is 49.3 Å². The first-order chi connectivity index (χ1) is 18.5. The lowest BCUT2D eigenvalue weighted by atomic mass is 9.90. The second-order valence-corrected chi connectivity index (χ2v) is 11.2. The van der Waals surface area contributed by atoms with E-state index in [1.54, 1.807) is 42.0 Å². The molecule has 0 bridgehead atoms. The van der Waals surface area contributed by atoms with Gasteiger partial charge >= 0.3 is 0 Å². The summed E-state index contributed by atoms with van der Waals surface area (Å²) < 4.78 is 22.6. The van der Waals surface area contributed by atoms with Crippen LogP contribution in [0.25, 0.3) is 0 Å². The molecule has 3 fully saturated rings. The smallest absolute Gasteiger partial charge is 0.227 e. The molecular formula is C28H32ClFN6O2. The van der Waals surface area contributed by atoms with Gasteiger partial charge in [-0.05, 0) is 55.1 Å². The monoisotopic (exact) mass is 538 g/mol. The fourth-order valence-corrected chi connectivity index (χ4v) is 5.97. The van der Waals surface area contributed by atoms with Crippen molar-refractivity contribution in [3.63, 3.8) is 0 Å². The minimum Gasteiger partial charge on any atom is -0.493 e. The molecular weight excluding hydrogens is 507 g/mol. The molecule has 4 heterocycles. The Morgan fingerprint density at radius 1 is 1.16 bits per heavy atom. The molecule has 1 aliphatic carbocycles. The van der Waals surface area contributed by atoms with Crippen molar-refractivity contribution >= 4 is 23.5 Å². The molecule has 1 aromatic carbocycles. The Morgan fingerprint density at radius 2 is 1.95 bits per heavy atom. The number of rotatable bonds is 9. The molecule has 2 unspecified atom stereocenters. The Morgan fingerprint density at radius 3 is 2.66 bits per heavy atom. The van der Waals surface area contributed by atoms with Crippen LogP contribution >= 0.6 is 11.6 Å². The maximum atomic E-state index is 14.7. The minimum atomic E-state index is -0.386. The largest absolute Gasteiger partial charge is 0.493 e. The molecule has 0 N–H and O–H groups in total. The topological polar surface area (TPSA) is 76.4 Å². The van der Waals surface area contributed by atoms with Gasteiger partial charge in [-0.15, -0.1) is 0 Å². The van der Waals surface area contributed by atoms with Gasteiger partial charge in [0.2, 0.25) is 11.9 Å². The van der Waals surface area contributed by atoms with Crippen LogP contribution in [0.4, 0.5) is 10.3 Å². The number of nitrogens with zero attached hydrogens (tertiary/aromatic N) is 6. The Balaban J connectivity index is 0.900. The Hall–Kier alpha value is -3.20. The minimum absolute atomic E-state index is 0.0553. The van der Waals surface area contributed by atoms with Crippen LogP contribution < -0.4 is 9.64 Å². The van der Waals surface area contributed by atoms with Crippen molar-refractivity contribution in [2.75, 3.05) is 37.7 Å². The highest BCUT2D eigenvalue weighted by Crippen LogP contribution is 2.49. The summed E-state index contributed by atoms with van der Waals surface area (Å²) >= 11 is 5.90. The molecule has 1 saturated carbocycles. The molecule has 2 aromatic heterocycles. The average Bonchev–Trinajstić information content (AvgIpc) is 3.46. The van der Waals surface area contributed by atoms with Gasteiger partial charge in [-0.3, -0.25) is 4.79 Å². The highest BCUT2D eigenvalue weighted by atomic mass is 35.5. The van der Waals surface area contributed by atoms with Gasteiger partial charge in [-0.2, -0.15) is 0 Å². The van der Waals surface area contributed by atoms with Crippen LogP contribution in [0.2, 0.25) is 5.02 Å². The van der Waals surface area contributed by atoms with Crippen molar-refractivity contribution in [2.45, 2.75) is 38.1 Å². The molecule has 3 aliphatic rings. The van der Waals surface area contributed by atoms with Gasteiger partial charge in [-0.25, -0.2) is 19.3 Å². The molecule has 2 aliphatic heterocycles. The quantitative estimate of drug-likeness (QED) is 0.401. The Kier molecular flexibility index (Phi) is 7.19. The second-order valence-electron chi connectivity index (χ2n) is 10.7. The van der Waals surface area contributed by atoms with Crippen LogP contribution in [0.1, 0.15) is 37.3 Å². The molecule has 200 valence electrons. The first-order valence-electron chi connectivity index (χ1n) is 13.4. The van der Waals surface area contributed by atoms with Gasteiger partial charge in [0.25, 0.3) is 0 Å². The number of imidazole rings is 1. The van der Waals surface area contributed by atoms with Crippen LogP contribution in [0.5, 0.6) is 5.75 Å². The van der Waals surface area contributed by atoms with Crippen molar-refractivity contribution in [1.82, 2.24) is 24.4 Å². The van der Waals surface area contributed by atoms with E-state index in [0.717, 1.165) is 50.1 Å². The number of halogens is 2. The highest BCUT2D eigenvalue weighted by molar-refractivity contribution is 6.30.